The lowest BCUT2D eigenvalue weighted by molar-refractivity contribution is -0.123. The highest BCUT2D eigenvalue weighted by atomic mass is 35.5. The Morgan fingerprint density at radius 1 is 1.03 bits per heavy atom. The van der Waals surface area contributed by atoms with E-state index < -0.39 is 10.0 Å². The maximum absolute atomic E-state index is 12.9. The van der Waals surface area contributed by atoms with Crippen molar-refractivity contribution in [3.63, 3.8) is 0 Å². The number of rotatable bonds is 5. The Kier molecular flexibility index (Phi) is 6.43. The molecule has 0 aromatic heterocycles. The number of benzene rings is 2. The highest BCUT2D eigenvalue weighted by Gasteiger charge is 2.31. The van der Waals surface area contributed by atoms with Crippen molar-refractivity contribution >= 4 is 27.5 Å². The molecular weight excluding hydrogens is 422 g/mol. The summed E-state index contributed by atoms with van der Waals surface area (Å²) in [7, 11) is -3.63. The van der Waals surface area contributed by atoms with Crippen LogP contribution in [-0.2, 0) is 21.2 Å². The highest BCUT2D eigenvalue weighted by molar-refractivity contribution is 7.89. The van der Waals surface area contributed by atoms with E-state index in [1.807, 2.05) is 17.0 Å². The van der Waals surface area contributed by atoms with Gasteiger partial charge in [0, 0.05) is 26.2 Å². The van der Waals surface area contributed by atoms with Gasteiger partial charge in [0.1, 0.15) is 4.90 Å². The number of nitrogens with one attached hydrogen (secondary N) is 1. The molecule has 1 saturated heterocycles. The number of fused-ring (bicyclic) bond motifs is 1. The quantitative estimate of drug-likeness (QED) is 0.765. The highest BCUT2D eigenvalue weighted by Crippen LogP contribution is 2.29. The summed E-state index contributed by atoms with van der Waals surface area (Å²) < 4.78 is 27.2. The summed E-state index contributed by atoms with van der Waals surface area (Å²) in [6.07, 6.45) is 3.08. The first-order chi connectivity index (χ1) is 14.4. The molecule has 1 heterocycles. The molecule has 1 unspecified atom stereocenters. The third kappa shape index (κ3) is 4.54. The predicted octanol–water partition coefficient (Wildman–Crippen LogP) is 2.84. The van der Waals surface area contributed by atoms with E-state index in [0.717, 1.165) is 19.3 Å². The molecule has 2 aromatic rings. The Balaban J connectivity index is 1.32. The van der Waals surface area contributed by atoms with Crippen molar-refractivity contribution in [3.8, 4) is 0 Å². The first-order valence-electron chi connectivity index (χ1n) is 10.3. The number of carbonyl (C=O) groups excluding carboxylic acids is 1. The van der Waals surface area contributed by atoms with Gasteiger partial charge in [0.2, 0.25) is 15.9 Å². The molecule has 1 fully saturated rings. The lowest BCUT2D eigenvalue weighted by atomic mass is 9.88. The molecule has 2 aliphatic rings. The molecule has 1 aliphatic carbocycles. The maximum atomic E-state index is 12.9. The molecular formula is C22H26ClN3O3S. The zero-order chi connectivity index (χ0) is 21.1. The van der Waals surface area contributed by atoms with Crippen LogP contribution in [0.3, 0.4) is 0 Å². The Morgan fingerprint density at radius 3 is 2.50 bits per heavy atom. The van der Waals surface area contributed by atoms with Crippen LogP contribution in [0.2, 0.25) is 5.02 Å². The summed E-state index contributed by atoms with van der Waals surface area (Å²) in [5.41, 5.74) is 2.53. The summed E-state index contributed by atoms with van der Waals surface area (Å²) in [5, 5.41) is 3.40. The van der Waals surface area contributed by atoms with Crippen LogP contribution in [0.1, 0.15) is 30.0 Å². The van der Waals surface area contributed by atoms with Crippen LogP contribution < -0.4 is 5.32 Å². The molecule has 6 nitrogen and oxygen atoms in total. The summed E-state index contributed by atoms with van der Waals surface area (Å²) in [4.78, 5) is 14.8. The van der Waals surface area contributed by atoms with Gasteiger partial charge in [-0.1, -0.05) is 48.0 Å². The Morgan fingerprint density at radius 2 is 1.73 bits per heavy atom. The first kappa shape index (κ1) is 21.3. The van der Waals surface area contributed by atoms with Gasteiger partial charge in [0.25, 0.3) is 0 Å². The summed E-state index contributed by atoms with van der Waals surface area (Å²) in [6, 6.07) is 14.8. The maximum Gasteiger partial charge on any atom is 0.244 e. The third-order valence-corrected chi connectivity index (χ3v) is 8.26. The van der Waals surface area contributed by atoms with E-state index in [2.05, 4.69) is 17.4 Å². The minimum Gasteiger partial charge on any atom is -0.348 e. The van der Waals surface area contributed by atoms with Crippen molar-refractivity contribution in [1.29, 1.82) is 0 Å². The fourth-order valence-corrected chi connectivity index (χ4v) is 6.18. The molecule has 160 valence electrons. The van der Waals surface area contributed by atoms with Crippen molar-refractivity contribution in [3.05, 3.63) is 64.7 Å². The van der Waals surface area contributed by atoms with Gasteiger partial charge >= 0.3 is 0 Å². The molecule has 1 atom stereocenters. The molecule has 30 heavy (non-hydrogen) atoms. The lowest BCUT2D eigenvalue weighted by Gasteiger charge is -2.34. The largest absolute Gasteiger partial charge is 0.348 e. The SMILES string of the molecule is O=C(CN1CCN(S(=O)(=O)c2ccccc2Cl)CC1)NC1CCCc2ccccc21. The molecule has 0 bridgehead atoms. The number of sulfonamides is 1. The van der Waals surface area contributed by atoms with Crippen LogP contribution in [0.5, 0.6) is 0 Å². The monoisotopic (exact) mass is 447 g/mol. The van der Waals surface area contributed by atoms with Gasteiger partial charge in [0.05, 0.1) is 17.6 Å². The Labute approximate surface area is 182 Å². The number of hydrogen-bond acceptors (Lipinski definition) is 4. The van der Waals surface area contributed by atoms with Gasteiger partial charge in [0.15, 0.2) is 0 Å². The second kappa shape index (κ2) is 9.06. The topological polar surface area (TPSA) is 69.7 Å². The van der Waals surface area contributed by atoms with E-state index in [1.165, 1.54) is 21.5 Å². The fourth-order valence-electron chi connectivity index (χ4n) is 4.27. The average Bonchev–Trinajstić information content (AvgIpc) is 2.74. The average molecular weight is 448 g/mol. The van der Waals surface area contributed by atoms with Crippen molar-refractivity contribution < 1.29 is 13.2 Å². The van der Waals surface area contributed by atoms with Crippen LogP contribution in [-0.4, -0.2) is 56.3 Å². The molecule has 8 heteroatoms. The molecule has 1 aliphatic heterocycles. The van der Waals surface area contributed by atoms with Gasteiger partial charge in [-0.3, -0.25) is 9.69 Å². The normalized spacial score (nSPS) is 20.5. The van der Waals surface area contributed by atoms with Crippen molar-refractivity contribution in [2.45, 2.75) is 30.2 Å². The summed E-state index contributed by atoms with van der Waals surface area (Å²) in [6.45, 7) is 1.98. The zero-order valence-electron chi connectivity index (χ0n) is 16.8. The number of piperazine rings is 1. The van der Waals surface area contributed by atoms with Crippen molar-refractivity contribution in [1.82, 2.24) is 14.5 Å². The van der Waals surface area contributed by atoms with Crippen LogP contribution >= 0.6 is 11.6 Å². The van der Waals surface area contributed by atoms with Crippen LogP contribution in [0.4, 0.5) is 0 Å². The Bertz CT molecular complexity index is 1020. The first-order valence-corrected chi connectivity index (χ1v) is 12.1. The van der Waals surface area contributed by atoms with Gasteiger partial charge in [-0.2, -0.15) is 4.31 Å². The summed E-state index contributed by atoms with van der Waals surface area (Å²) >= 11 is 6.08. The van der Waals surface area contributed by atoms with Crippen LogP contribution in [0, 0.1) is 0 Å². The van der Waals surface area contributed by atoms with E-state index in [1.54, 1.807) is 18.2 Å². The van der Waals surface area contributed by atoms with Crippen LogP contribution in [0.15, 0.2) is 53.4 Å². The van der Waals surface area contributed by atoms with E-state index in [9.17, 15) is 13.2 Å². The molecule has 0 spiro atoms. The molecule has 2 aromatic carbocycles. The lowest BCUT2D eigenvalue weighted by Crippen LogP contribution is -2.51. The van der Waals surface area contributed by atoms with Gasteiger partial charge in [-0.15, -0.1) is 0 Å². The minimum atomic E-state index is -3.63. The molecule has 0 saturated carbocycles. The number of hydrogen-bond donors (Lipinski definition) is 1. The summed E-state index contributed by atoms with van der Waals surface area (Å²) in [5.74, 6) is -0.0147. The van der Waals surface area contributed by atoms with E-state index in [-0.39, 0.29) is 28.4 Å². The molecule has 4 rings (SSSR count). The van der Waals surface area contributed by atoms with E-state index in [4.69, 9.17) is 11.6 Å². The zero-order valence-corrected chi connectivity index (χ0v) is 18.3. The molecule has 0 radical (unpaired) electrons. The second-order valence-electron chi connectivity index (χ2n) is 7.82. The number of amides is 1. The Hall–Kier alpha value is -1.93. The molecule has 1 N–H and O–H groups in total. The number of aryl methyl sites for hydroxylation is 1. The van der Waals surface area contributed by atoms with Gasteiger partial charge < -0.3 is 5.32 Å². The van der Waals surface area contributed by atoms with Gasteiger partial charge in [-0.25, -0.2) is 8.42 Å². The standard InChI is InChI=1S/C22H26ClN3O3S/c23-19-9-3-4-11-21(19)30(28,29)26-14-12-25(13-15-26)16-22(27)24-20-10-5-7-17-6-1-2-8-18(17)20/h1-4,6,8-9,11,20H,5,7,10,12-16H2,(H,24,27). The predicted molar refractivity (Wildman–Crippen MR) is 117 cm³/mol. The number of nitrogens with zero attached hydrogens (tertiary/aromatic N) is 2. The number of carbonyl (C=O) groups is 1. The van der Waals surface area contributed by atoms with Crippen molar-refractivity contribution in [2.24, 2.45) is 0 Å². The van der Waals surface area contributed by atoms with E-state index in [0.29, 0.717) is 26.2 Å². The molecule has 1 amide bonds. The fraction of sp³-hybridized carbons (Fsp3) is 0.409. The third-order valence-electron chi connectivity index (χ3n) is 5.86. The van der Waals surface area contributed by atoms with Gasteiger partial charge in [-0.05, 0) is 42.5 Å². The van der Waals surface area contributed by atoms with Crippen LogP contribution in [0.25, 0.3) is 0 Å². The smallest absolute Gasteiger partial charge is 0.244 e. The minimum absolute atomic E-state index is 0.0147. The van der Waals surface area contributed by atoms with Crippen molar-refractivity contribution in [2.75, 3.05) is 32.7 Å². The number of halogens is 1. The second-order valence-corrected chi connectivity index (χ2v) is 10.1. The van der Waals surface area contributed by atoms with E-state index >= 15 is 0 Å².